The minimum absolute atomic E-state index is 0.00391. The van der Waals surface area contributed by atoms with E-state index in [1.54, 1.807) is 18.2 Å². The van der Waals surface area contributed by atoms with E-state index in [1.165, 1.54) is 19.0 Å². The largest absolute Gasteiger partial charge is 0.418 e. The van der Waals surface area contributed by atoms with Crippen molar-refractivity contribution < 1.29 is 18.0 Å². The molecule has 0 unspecified atom stereocenters. The van der Waals surface area contributed by atoms with Crippen LogP contribution in [0, 0.1) is 17.8 Å². The van der Waals surface area contributed by atoms with Crippen molar-refractivity contribution in [3.8, 4) is 0 Å². The van der Waals surface area contributed by atoms with Crippen molar-refractivity contribution in [3.05, 3.63) is 36.0 Å². The smallest absolute Gasteiger partial charge is 0.370 e. The molecule has 1 saturated carbocycles. The Morgan fingerprint density at radius 3 is 2.55 bits per heavy atom. The molecule has 0 bridgehead atoms. The van der Waals surface area contributed by atoms with Crippen LogP contribution in [0.25, 0.3) is 10.9 Å². The summed E-state index contributed by atoms with van der Waals surface area (Å²) in [7, 11) is 0. The average Bonchev–Trinajstić information content (AvgIpc) is 3.63. The predicted octanol–water partition coefficient (Wildman–Crippen LogP) is 5.55. The van der Waals surface area contributed by atoms with E-state index >= 15 is 0 Å². The van der Waals surface area contributed by atoms with E-state index in [0.717, 1.165) is 56.7 Å². The van der Waals surface area contributed by atoms with E-state index in [1.807, 2.05) is 0 Å². The number of pyridine rings is 1. The molecule has 178 valence electrons. The first-order valence-corrected chi connectivity index (χ1v) is 12.3. The molecule has 3 fully saturated rings. The van der Waals surface area contributed by atoms with Gasteiger partial charge in [0, 0.05) is 48.7 Å². The molecule has 2 atom stereocenters. The lowest BCUT2D eigenvalue weighted by molar-refractivity contribution is -0.136. The Balaban J connectivity index is 1.30. The molecule has 2 aromatic rings. The molecule has 7 heteroatoms. The molecule has 5 rings (SSSR count). The molecule has 3 heterocycles. The van der Waals surface area contributed by atoms with Crippen molar-refractivity contribution in [2.24, 2.45) is 17.8 Å². The maximum Gasteiger partial charge on any atom is 0.418 e. The van der Waals surface area contributed by atoms with Crippen LogP contribution >= 0.6 is 0 Å². The van der Waals surface area contributed by atoms with E-state index in [9.17, 15) is 18.0 Å². The number of anilines is 1. The van der Waals surface area contributed by atoms with Crippen molar-refractivity contribution >= 4 is 22.4 Å². The monoisotopic (exact) mass is 459 g/mol. The average molecular weight is 460 g/mol. The minimum Gasteiger partial charge on any atom is -0.370 e. The number of ketones is 1. The molecule has 1 aliphatic carbocycles. The van der Waals surface area contributed by atoms with Crippen molar-refractivity contribution in [2.45, 2.75) is 57.7 Å². The molecule has 0 spiro atoms. The van der Waals surface area contributed by atoms with Gasteiger partial charge in [-0.1, -0.05) is 6.92 Å². The van der Waals surface area contributed by atoms with Gasteiger partial charge in [0.15, 0.2) is 0 Å². The Hall–Kier alpha value is -2.15. The molecule has 2 saturated heterocycles. The van der Waals surface area contributed by atoms with E-state index in [4.69, 9.17) is 0 Å². The lowest BCUT2D eigenvalue weighted by Crippen LogP contribution is -2.42. The van der Waals surface area contributed by atoms with Crippen molar-refractivity contribution in [2.75, 3.05) is 31.1 Å². The van der Waals surface area contributed by atoms with Crippen LogP contribution in [0.4, 0.5) is 18.9 Å². The Morgan fingerprint density at radius 2 is 1.85 bits per heavy atom. The summed E-state index contributed by atoms with van der Waals surface area (Å²) in [6.07, 6.45) is 3.09. The SMILES string of the molecule is C[C@H]1C[C@@H](CC(=O)C2CCN(C3CC3)CC2)CN(c2ccc(C(F)(F)F)c3ncccc23)C1. The van der Waals surface area contributed by atoms with Gasteiger partial charge in [-0.15, -0.1) is 0 Å². The fraction of sp³-hybridized carbons (Fsp3) is 0.615. The van der Waals surface area contributed by atoms with Gasteiger partial charge in [-0.2, -0.15) is 13.2 Å². The molecule has 0 radical (unpaired) electrons. The highest BCUT2D eigenvalue weighted by atomic mass is 19.4. The summed E-state index contributed by atoms with van der Waals surface area (Å²) in [5.74, 6) is 1.16. The van der Waals surface area contributed by atoms with Gasteiger partial charge in [-0.25, -0.2) is 0 Å². The van der Waals surface area contributed by atoms with Crippen LogP contribution in [0.2, 0.25) is 0 Å². The lowest BCUT2D eigenvalue weighted by Gasteiger charge is -2.39. The number of nitrogens with zero attached hydrogens (tertiary/aromatic N) is 3. The fourth-order valence-corrected chi connectivity index (χ4v) is 5.96. The van der Waals surface area contributed by atoms with Gasteiger partial charge in [0.25, 0.3) is 0 Å². The Bertz CT molecular complexity index is 1010. The van der Waals surface area contributed by atoms with E-state index < -0.39 is 11.7 Å². The zero-order chi connectivity index (χ0) is 23.2. The summed E-state index contributed by atoms with van der Waals surface area (Å²) >= 11 is 0. The number of fused-ring (bicyclic) bond motifs is 1. The van der Waals surface area contributed by atoms with Gasteiger partial charge >= 0.3 is 6.18 Å². The van der Waals surface area contributed by atoms with Gasteiger partial charge in [0.1, 0.15) is 5.78 Å². The number of hydrogen-bond acceptors (Lipinski definition) is 4. The Labute approximate surface area is 193 Å². The van der Waals surface area contributed by atoms with Crippen LogP contribution in [-0.2, 0) is 11.0 Å². The predicted molar refractivity (Wildman–Crippen MR) is 123 cm³/mol. The third kappa shape index (κ3) is 4.88. The number of carbonyl (C=O) groups is 1. The van der Waals surface area contributed by atoms with Crippen molar-refractivity contribution in [3.63, 3.8) is 0 Å². The van der Waals surface area contributed by atoms with Crippen LogP contribution in [0.3, 0.4) is 0 Å². The number of aromatic nitrogens is 1. The van der Waals surface area contributed by atoms with Crippen LogP contribution in [0.5, 0.6) is 0 Å². The van der Waals surface area contributed by atoms with Gasteiger partial charge in [0.2, 0.25) is 0 Å². The number of Topliss-reactive ketones (excluding diaryl/α,β-unsaturated/α-hetero) is 1. The third-order valence-electron chi connectivity index (χ3n) is 7.68. The second kappa shape index (κ2) is 8.90. The molecular weight excluding hydrogens is 427 g/mol. The summed E-state index contributed by atoms with van der Waals surface area (Å²) in [5.41, 5.74) is 0.0831. The Kier molecular flexibility index (Phi) is 6.10. The van der Waals surface area contributed by atoms with E-state index in [2.05, 4.69) is 21.7 Å². The number of alkyl halides is 3. The number of piperidine rings is 2. The van der Waals surface area contributed by atoms with Crippen molar-refractivity contribution in [1.82, 2.24) is 9.88 Å². The highest BCUT2D eigenvalue weighted by molar-refractivity contribution is 5.94. The number of hydrogen-bond donors (Lipinski definition) is 0. The molecule has 0 N–H and O–H groups in total. The minimum atomic E-state index is -4.44. The number of benzene rings is 1. The zero-order valence-electron chi connectivity index (χ0n) is 19.2. The third-order valence-corrected chi connectivity index (χ3v) is 7.68. The van der Waals surface area contributed by atoms with Gasteiger partial charge in [0.05, 0.1) is 11.1 Å². The first-order valence-electron chi connectivity index (χ1n) is 12.3. The highest BCUT2D eigenvalue weighted by Gasteiger charge is 2.36. The molecule has 1 aromatic carbocycles. The fourth-order valence-electron chi connectivity index (χ4n) is 5.96. The van der Waals surface area contributed by atoms with Gasteiger partial charge < -0.3 is 9.80 Å². The number of likely N-dealkylation sites (tertiary alicyclic amines) is 1. The van der Waals surface area contributed by atoms with Crippen LogP contribution in [-0.4, -0.2) is 47.9 Å². The first-order chi connectivity index (χ1) is 15.8. The molecule has 1 aromatic heterocycles. The molecule has 2 aliphatic heterocycles. The summed E-state index contributed by atoms with van der Waals surface area (Å²) in [4.78, 5) is 21.9. The van der Waals surface area contributed by atoms with Crippen LogP contribution < -0.4 is 4.90 Å². The van der Waals surface area contributed by atoms with Gasteiger partial charge in [-0.3, -0.25) is 9.78 Å². The number of halogens is 3. The molecular formula is C26H32F3N3O. The summed E-state index contributed by atoms with van der Waals surface area (Å²) in [6.45, 7) is 5.73. The lowest BCUT2D eigenvalue weighted by atomic mass is 9.82. The maximum atomic E-state index is 13.5. The van der Waals surface area contributed by atoms with Crippen molar-refractivity contribution in [1.29, 1.82) is 0 Å². The normalized spacial score (nSPS) is 25.5. The topological polar surface area (TPSA) is 36.4 Å². The number of carbonyl (C=O) groups excluding carboxylic acids is 1. The zero-order valence-corrected chi connectivity index (χ0v) is 19.2. The Morgan fingerprint density at radius 1 is 1.09 bits per heavy atom. The molecule has 0 amide bonds. The quantitative estimate of drug-likeness (QED) is 0.588. The molecule has 33 heavy (non-hydrogen) atoms. The second-order valence-corrected chi connectivity index (χ2v) is 10.4. The van der Waals surface area contributed by atoms with E-state index in [-0.39, 0.29) is 17.4 Å². The second-order valence-electron chi connectivity index (χ2n) is 10.4. The van der Waals surface area contributed by atoms with Crippen LogP contribution in [0.1, 0.15) is 51.0 Å². The van der Waals surface area contributed by atoms with Crippen LogP contribution in [0.15, 0.2) is 30.5 Å². The summed E-state index contributed by atoms with van der Waals surface area (Å²) in [5, 5.41) is 0.527. The molecule has 3 aliphatic rings. The first kappa shape index (κ1) is 22.6. The standard InChI is InChI=1S/C26H32F3N3O/c1-17-13-18(14-24(33)19-8-11-31(12-9-19)20-4-5-20)16-32(15-17)23-7-6-22(26(27,28)29)25-21(23)3-2-10-30-25/h2-3,6-7,10,17-20H,4-5,8-9,11-16H2,1H3/t17-,18-/m0/s1. The van der Waals surface area contributed by atoms with Gasteiger partial charge in [-0.05, 0) is 81.3 Å². The summed E-state index contributed by atoms with van der Waals surface area (Å²) in [6, 6.07) is 6.91. The highest BCUT2D eigenvalue weighted by Crippen LogP contribution is 2.39. The maximum absolute atomic E-state index is 13.5. The molecule has 4 nitrogen and oxygen atoms in total. The number of rotatable bonds is 5. The van der Waals surface area contributed by atoms with E-state index in [0.29, 0.717) is 30.1 Å². The summed E-state index contributed by atoms with van der Waals surface area (Å²) < 4.78 is 40.5.